The zero-order valence-electron chi connectivity index (χ0n) is 9.39. The van der Waals surface area contributed by atoms with Crippen LogP contribution in [0.3, 0.4) is 0 Å². The van der Waals surface area contributed by atoms with Crippen molar-refractivity contribution >= 4 is 35.1 Å². The minimum absolute atomic E-state index is 0.0660. The lowest BCUT2D eigenvalue weighted by atomic mass is 10.3. The molecule has 19 heavy (non-hydrogen) atoms. The molecular weight excluding hydrogens is 308 g/mol. The van der Waals surface area contributed by atoms with Gasteiger partial charge in [-0.25, -0.2) is 0 Å². The summed E-state index contributed by atoms with van der Waals surface area (Å²) in [4.78, 5) is 0.790. The maximum Gasteiger partial charge on any atom is 0.184 e. The number of ether oxygens (including phenoxy) is 1. The van der Waals surface area contributed by atoms with E-state index < -0.39 is 0 Å². The number of rotatable bonds is 1. The van der Waals surface area contributed by atoms with Crippen molar-refractivity contribution in [1.29, 1.82) is 10.5 Å². The maximum atomic E-state index is 10.0. The second-order valence-corrected chi connectivity index (χ2v) is 5.71. The lowest BCUT2D eigenvalue weighted by Gasteiger charge is -2.19. The van der Waals surface area contributed by atoms with Gasteiger partial charge < -0.3 is 14.9 Å². The second kappa shape index (κ2) is 5.14. The molecule has 1 aromatic carbocycles. The zero-order valence-corrected chi connectivity index (χ0v) is 11.8. The van der Waals surface area contributed by atoms with Crippen molar-refractivity contribution in [3.8, 4) is 29.4 Å². The molecule has 0 amide bonds. The number of thioether (sulfide) groups is 2. The SMILES string of the molecule is COc1c(O)c2c(c(O)c1Cl)SC(C#N)=C(C#N)S2. The summed E-state index contributed by atoms with van der Waals surface area (Å²) in [6.45, 7) is 0. The molecule has 1 aliphatic heterocycles. The van der Waals surface area contributed by atoms with Gasteiger partial charge in [-0.2, -0.15) is 10.5 Å². The molecule has 0 saturated carbocycles. The van der Waals surface area contributed by atoms with E-state index in [-0.39, 0.29) is 41.9 Å². The number of benzene rings is 1. The third-order valence-corrected chi connectivity index (χ3v) is 5.09. The third-order valence-electron chi connectivity index (χ3n) is 2.28. The topological polar surface area (TPSA) is 97.3 Å². The standard InChI is InChI=1S/C11H5ClN2O3S2/c1-17-9-6(12)7(15)10-11(8(9)16)19-5(3-14)4(2-13)18-10/h15-16H,1H3. The van der Waals surface area contributed by atoms with E-state index in [2.05, 4.69) is 0 Å². The van der Waals surface area contributed by atoms with E-state index in [0.717, 1.165) is 23.5 Å². The lowest BCUT2D eigenvalue weighted by molar-refractivity contribution is 0.358. The lowest BCUT2D eigenvalue weighted by Crippen LogP contribution is -1.95. The number of fused-ring (bicyclic) bond motifs is 1. The van der Waals surface area contributed by atoms with Gasteiger partial charge in [-0.1, -0.05) is 35.1 Å². The summed E-state index contributed by atoms with van der Waals surface area (Å²) in [5.74, 6) is -0.611. The van der Waals surface area contributed by atoms with Crippen LogP contribution in [0.25, 0.3) is 0 Å². The summed E-state index contributed by atoms with van der Waals surface area (Å²) in [7, 11) is 1.30. The first kappa shape index (κ1) is 13.8. The molecule has 5 nitrogen and oxygen atoms in total. The Morgan fingerprint density at radius 3 is 1.95 bits per heavy atom. The first-order chi connectivity index (χ1) is 9.04. The molecule has 1 heterocycles. The summed E-state index contributed by atoms with van der Waals surface area (Å²) in [5, 5.41) is 37.8. The molecule has 0 spiro atoms. The molecule has 2 N–H and O–H groups in total. The van der Waals surface area contributed by atoms with Crippen molar-refractivity contribution < 1.29 is 14.9 Å². The number of phenolic OH excluding ortho intramolecular Hbond substituents is 2. The quantitative estimate of drug-likeness (QED) is 0.768. The highest BCUT2D eigenvalue weighted by molar-refractivity contribution is 8.09. The summed E-state index contributed by atoms with van der Waals surface area (Å²) in [6, 6.07) is 3.75. The molecule has 96 valence electrons. The van der Waals surface area contributed by atoms with E-state index in [1.807, 2.05) is 12.1 Å². The van der Waals surface area contributed by atoms with Gasteiger partial charge in [-0.05, 0) is 0 Å². The van der Waals surface area contributed by atoms with Crippen LogP contribution in [0.15, 0.2) is 19.6 Å². The number of aromatic hydroxyl groups is 2. The van der Waals surface area contributed by atoms with Gasteiger partial charge in [0, 0.05) is 0 Å². The minimum atomic E-state index is -0.284. The van der Waals surface area contributed by atoms with Crippen LogP contribution in [0.4, 0.5) is 0 Å². The molecule has 8 heteroatoms. The van der Waals surface area contributed by atoms with Crippen LogP contribution in [0.5, 0.6) is 17.2 Å². The molecule has 0 unspecified atom stereocenters. The van der Waals surface area contributed by atoms with Gasteiger partial charge in [-0.3, -0.25) is 0 Å². The number of nitriles is 2. The number of nitrogens with zero attached hydrogens (tertiary/aromatic N) is 2. The normalized spacial score (nSPS) is 13.5. The van der Waals surface area contributed by atoms with Crippen LogP contribution in [0.2, 0.25) is 5.02 Å². The van der Waals surface area contributed by atoms with Crippen LogP contribution in [0, 0.1) is 22.7 Å². The van der Waals surface area contributed by atoms with Crippen LogP contribution < -0.4 is 4.74 Å². The van der Waals surface area contributed by atoms with Crippen molar-refractivity contribution in [1.82, 2.24) is 0 Å². The summed E-state index contributed by atoms with van der Waals surface area (Å²) < 4.78 is 4.92. The van der Waals surface area contributed by atoms with Crippen LogP contribution >= 0.6 is 35.1 Å². The van der Waals surface area contributed by atoms with E-state index >= 15 is 0 Å². The van der Waals surface area contributed by atoms with Gasteiger partial charge in [0.25, 0.3) is 0 Å². The Bertz CT molecular complexity index is 689. The monoisotopic (exact) mass is 312 g/mol. The Balaban J connectivity index is 2.71. The predicted octanol–water partition coefficient (Wildman–Crippen LogP) is 3.22. The van der Waals surface area contributed by atoms with Crippen LogP contribution in [-0.4, -0.2) is 17.3 Å². The fraction of sp³-hybridized carbons (Fsp3) is 0.0909. The van der Waals surface area contributed by atoms with Gasteiger partial charge in [-0.15, -0.1) is 0 Å². The van der Waals surface area contributed by atoms with Gasteiger partial charge >= 0.3 is 0 Å². The number of hydrogen-bond donors (Lipinski definition) is 2. The first-order valence-electron chi connectivity index (χ1n) is 4.76. The Morgan fingerprint density at radius 2 is 1.53 bits per heavy atom. The summed E-state index contributed by atoms with van der Waals surface area (Å²) in [6.07, 6.45) is 0. The number of methoxy groups -OCH3 is 1. The van der Waals surface area contributed by atoms with Gasteiger partial charge in [0.15, 0.2) is 17.2 Å². The summed E-state index contributed by atoms with van der Waals surface area (Å²) in [5.41, 5.74) is 0. The molecule has 1 aliphatic rings. The predicted molar refractivity (Wildman–Crippen MR) is 71.3 cm³/mol. The number of phenols is 2. The highest BCUT2D eigenvalue weighted by Crippen LogP contribution is 2.59. The average molecular weight is 313 g/mol. The van der Waals surface area contributed by atoms with Crippen molar-refractivity contribution in [3.63, 3.8) is 0 Å². The van der Waals surface area contributed by atoms with E-state index in [1.165, 1.54) is 7.11 Å². The van der Waals surface area contributed by atoms with Crippen molar-refractivity contribution in [2.45, 2.75) is 9.79 Å². The molecule has 0 saturated heterocycles. The molecule has 0 bridgehead atoms. The largest absolute Gasteiger partial charge is 0.505 e. The first-order valence-corrected chi connectivity index (χ1v) is 6.77. The van der Waals surface area contributed by atoms with Gasteiger partial charge in [0.2, 0.25) is 0 Å². The average Bonchev–Trinajstić information content (AvgIpc) is 2.44. The molecule has 0 atom stereocenters. The zero-order chi connectivity index (χ0) is 14.2. The fourth-order valence-electron chi connectivity index (χ4n) is 1.45. The Kier molecular flexibility index (Phi) is 3.72. The second-order valence-electron chi connectivity index (χ2n) is 3.29. The molecule has 1 aromatic rings. The highest BCUT2D eigenvalue weighted by Gasteiger charge is 2.30. The molecule has 2 rings (SSSR count). The van der Waals surface area contributed by atoms with Crippen molar-refractivity contribution in [2.75, 3.05) is 7.11 Å². The highest BCUT2D eigenvalue weighted by atomic mass is 35.5. The smallest absolute Gasteiger partial charge is 0.184 e. The molecule has 0 fully saturated rings. The van der Waals surface area contributed by atoms with Gasteiger partial charge in [0.05, 0.1) is 16.9 Å². The third kappa shape index (κ3) is 2.06. The van der Waals surface area contributed by atoms with E-state index in [0.29, 0.717) is 0 Å². The molecule has 0 radical (unpaired) electrons. The van der Waals surface area contributed by atoms with Crippen LogP contribution in [0.1, 0.15) is 0 Å². The van der Waals surface area contributed by atoms with E-state index in [1.54, 1.807) is 0 Å². The number of allylic oxidation sites excluding steroid dienone is 2. The van der Waals surface area contributed by atoms with Crippen molar-refractivity contribution in [2.24, 2.45) is 0 Å². The number of hydrogen-bond acceptors (Lipinski definition) is 7. The Labute approximate surface area is 122 Å². The molecule has 0 aliphatic carbocycles. The Hall–Kier alpha value is -1.67. The van der Waals surface area contributed by atoms with Crippen molar-refractivity contribution in [3.05, 3.63) is 14.8 Å². The summed E-state index contributed by atoms with van der Waals surface area (Å²) >= 11 is 7.66. The molecule has 0 aromatic heterocycles. The minimum Gasteiger partial charge on any atom is -0.505 e. The van der Waals surface area contributed by atoms with E-state index in [4.69, 9.17) is 26.9 Å². The molecular formula is C11H5ClN2O3S2. The van der Waals surface area contributed by atoms with Crippen LogP contribution in [-0.2, 0) is 0 Å². The maximum absolute atomic E-state index is 10.0. The number of halogens is 1. The fourth-order valence-corrected chi connectivity index (χ4v) is 3.81. The van der Waals surface area contributed by atoms with Gasteiger partial charge in [0.1, 0.15) is 27.0 Å². The Morgan fingerprint density at radius 1 is 1.05 bits per heavy atom. The van der Waals surface area contributed by atoms with E-state index in [9.17, 15) is 10.2 Å².